The van der Waals surface area contributed by atoms with Gasteiger partial charge >= 0.3 is 0 Å². The molecule has 0 aliphatic carbocycles. The molecule has 5 heteroatoms. The Labute approximate surface area is 159 Å². The van der Waals surface area contributed by atoms with Crippen LogP contribution in [0.15, 0.2) is 73.1 Å². The van der Waals surface area contributed by atoms with Gasteiger partial charge in [-0.1, -0.05) is 24.3 Å². The lowest BCUT2D eigenvalue weighted by atomic mass is 10.1. The minimum atomic E-state index is -0.291. The SMILES string of the molecule is CN(C)CCN(Cc1ccccc1F)C(=O)c1cccc(-n2cccc2)c1. The molecule has 1 aromatic heterocycles. The topological polar surface area (TPSA) is 28.5 Å². The molecule has 0 unspecified atom stereocenters. The van der Waals surface area contributed by atoms with Crippen molar-refractivity contribution >= 4 is 5.91 Å². The van der Waals surface area contributed by atoms with Crippen molar-refractivity contribution < 1.29 is 9.18 Å². The Morgan fingerprint density at radius 2 is 1.70 bits per heavy atom. The van der Waals surface area contributed by atoms with Gasteiger partial charge in [-0.05, 0) is 50.5 Å². The molecule has 0 radical (unpaired) electrons. The summed E-state index contributed by atoms with van der Waals surface area (Å²) < 4.78 is 16.1. The van der Waals surface area contributed by atoms with E-state index in [1.165, 1.54) is 6.07 Å². The van der Waals surface area contributed by atoms with E-state index in [0.717, 1.165) is 5.69 Å². The van der Waals surface area contributed by atoms with Crippen molar-refractivity contribution in [1.29, 1.82) is 0 Å². The van der Waals surface area contributed by atoms with Gasteiger partial charge in [-0.2, -0.15) is 0 Å². The lowest BCUT2D eigenvalue weighted by Crippen LogP contribution is -2.36. The van der Waals surface area contributed by atoms with Crippen LogP contribution < -0.4 is 0 Å². The molecule has 0 saturated heterocycles. The Morgan fingerprint density at radius 3 is 2.41 bits per heavy atom. The van der Waals surface area contributed by atoms with Crippen molar-refractivity contribution in [3.05, 3.63) is 90.0 Å². The van der Waals surface area contributed by atoms with Gasteiger partial charge in [-0.25, -0.2) is 4.39 Å². The highest BCUT2D eigenvalue weighted by atomic mass is 19.1. The van der Waals surface area contributed by atoms with Crippen LogP contribution in [0.1, 0.15) is 15.9 Å². The summed E-state index contributed by atoms with van der Waals surface area (Å²) in [4.78, 5) is 16.9. The normalized spacial score (nSPS) is 11.0. The fraction of sp³-hybridized carbons (Fsp3) is 0.227. The number of benzene rings is 2. The quantitative estimate of drug-likeness (QED) is 0.637. The Hall–Kier alpha value is -2.92. The standard InChI is InChI=1S/C22H24FN3O/c1-24(2)14-15-26(17-19-8-3-4-11-21(19)23)22(27)18-9-7-10-20(16-18)25-12-5-6-13-25/h3-13,16H,14-15,17H2,1-2H3. The summed E-state index contributed by atoms with van der Waals surface area (Å²) in [6.45, 7) is 1.47. The van der Waals surface area contributed by atoms with Crippen molar-refractivity contribution in [2.45, 2.75) is 6.54 Å². The lowest BCUT2D eigenvalue weighted by Gasteiger charge is -2.25. The number of amides is 1. The first-order chi connectivity index (χ1) is 13.0. The number of hydrogen-bond acceptors (Lipinski definition) is 2. The first kappa shape index (κ1) is 18.9. The van der Waals surface area contributed by atoms with Gasteiger partial charge in [0.2, 0.25) is 0 Å². The van der Waals surface area contributed by atoms with Crippen molar-refractivity contribution in [1.82, 2.24) is 14.4 Å². The second-order valence-electron chi connectivity index (χ2n) is 6.76. The summed E-state index contributed by atoms with van der Waals surface area (Å²) >= 11 is 0. The van der Waals surface area contributed by atoms with E-state index in [0.29, 0.717) is 24.2 Å². The summed E-state index contributed by atoms with van der Waals surface area (Å²) in [5, 5.41) is 0. The van der Waals surface area contributed by atoms with Crippen molar-refractivity contribution in [3.63, 3.8) is 0 Å². The first-order valence-electron chi connectivity index (χ1n) is 8.95. The fourth-order valence-corrected chi connectivity index (χ4v) is 2.89. The zero-order valence-electron chi connectivity index (χ0n) is 15.7. The molecule has 2 aromatic carbocycles. The van der Waals surface area contributed by atoms with Crippen molar-refractivity contribution in [2.75, 3.05) is 27.2 Å². The van der Waals surface area contributed by atoms with Crippen LogP contribution in [0, 0.1) is 5.82 Å². The molecule has 0 aliphatic heterocycles. The summed E-state index contributed by atoms with van der Waals surface area (Å²) in [5.74, 6) is -0.393. The molecule has 3 rings (SSSR count). The molecule has 0 N–H and O–H groups in total. The summed E-state index contributed by atoms with van der Waals surface area (Å²) in [6.07, 6.45) is 3.87. The van der Waals surface area contributed by atoms with Crippen LogP contribution in [0.4, 0.5) is 4.39 Å². The van der Waals surface area contributed by atoms with E-state index < -0.39 is 0 Å². The number of hydrogen-bond donors (Lipinski definition) is 0. The van der Waals surface area contributed by atoms with Gasteiger partial charge in [-0.15, -0.1) is 0 Å². The number of aromatic nitrogens is 1. The van der Waals surface area contributed by atoms with E-state index in [1.54, 1.807) is 29.2 Å². The number of nitrogens with zero attached hydrogens (tertiary/aromatic N) is 3. The number of halogens is 1. The maximum absolute atomic E-state index is 14.1. The maximum Gasteiger partial charge on any atom is 0.254 e. The molecule has 3 aromatic rings. The number of likely N-dealkylation sites (N-methyl/N-ethyl adjacent to an activating group) is 1. The molecule has 0 saturated carbocycles. The van der Waals surface area contributed by atoms with E-state index in [4.69, 9.17) is 0 Å². The van der Waals surface area contributed by atoms with Crippen LogP contribution in [0.25, 0.3) is 5.69 Å². The van der Waals surface area contributed by atoms with E-state index in [9.17, 15) is 9.18 Å². The van der Waals surface area contributed by atoms with Crippen LogP contribution in [-0.4, -0.2) is 47.5 Å². The summed E-state index contributed by atoms with van der Waals surface area (Å²) in [6, 6.07) is 18.0. The molecular formula is C22H24FN3O. The monoisotopic (exact) mass is 365 g/mol. The van der Waals surface area contributed by atoms with Crippen LogP contribution in [0.5, 0.6) is 0 Å². The maximum atomic E-state index is 14.1. The molecule has 4 nitrogen and oxygen atoms in total. The Balaban J connectivity index is 1.86. The fourth-order valence-electron chi connectivity index (χ4n) is 2.89. The lowest BCUT2D eigenvalue weighted by molar-refractivity contribution is 0.0730. The highest BCUT2D eigenvalue weighted by Crippen LogP contribution is 2.16. The average Bonchev–Trinajstić information content (AvgIpc) is 3.21. The third-order valence-electron chi connectivity index (χ3n) is 4.42. The van der Waals surface area contributed by atoms with Crippen molar-refractivity contribution in [3.8, 4) is 5.69 Å². The van der Waals surface area contributed by atoms with E-state index in [1.807, 2.05) is 66.3 Å². The summed E-state index contributed by atoms with van der Waals surface area (Å²) in [5.41, 5.74) is 2.03. The number of carbonyl (C=O) groups excluding carboxylic acids is 1. The molecule has 0 bridgehead atoms. The van der Waals surface area contributed by atoms with Crippen molar-refractivity contribution in [2.24, 2.45) is 0 Å². The van der Waals surface area contributed by atoms with Gasteiger partial charge in [0.05, 0.1) is 0 Å². The highest BCUT2D eigenvalue weighted by Gasteiger charge is 2.18. The Bertz CT molecular complexity index is 890. The highest BCUT2D eigenvalue weighted by molar-refractivity contribution is 5.94. The number of rotatable bonds is 7. The zero-order chi connectivity index (χ0) is 19.2. The van der Waals surface area contributed by atoms with Crippen LogP contribution >= 0.6 is 0 Å². The first-order valence-corrected chi connectivity index (χ1v) is 8.95. The predicted octanol–water partition coefficient (Wildman–Crippen LogP) is 3.82. The van der Waals surface area contributed by atoms with Gasteiger partial charge in [0.15, 0.2) is 0 Å². The van der Waals surface area contributed by atoms with E-state index in [-0.39, 0.29) is 18.3 Å². The molecule has 0 atom stereocenters. The molecule has 1 heterocycles. The second kappa shape index (κ2) is 8.64. The predicted molar refractivity (Wildman–Crippen MR) is 105 cm³/mol. The molecule has 1 amide bonds. The molecule has 0 fully saturated rings. The van der Waals surface area contributed by atoms with Crippen LogP contribution in [-0.2, 0) is 6.54 Å². The van der Waals surface area contributed by atoms with Gasteiger partial charge < -0.3 is 14.4 Å². The van der Waals surface area contributed by atoms with Gasteiger partial charge in [0.1, 0.15) is 5.82 Å². The molecule has 0 aliphatic rings. The van der Waals surface area contributed by atoms with E-state index >= 15 is 0 Å². The Morgan fingerprint density at radius 1 is 0.963 bits per heavy atom. The number of carbonyl (C=O) groups is 1. The Kier molecular flexibility index (Phi) is 6.04. The van der Waals surface area contributed by atoms with Gasteiger partial charge in [0, 0.05) is 48.8 Å². The molecule has 140 valence electrons. The average molecular weight is 365 g/mol. The van der Waals surface area contributed by atoms with Crippen LogP contribution in [0.3, 0.4) is 0 Å². The molecule has 27 heavy (non-hydrogen) atoms. The van der Waals surface area contributed by atoms with Gasteiger partial charge in [-0.3, -0.25) is 4.79 Å². The summed E-state index contributed by atoms with van der Waals surface area (Å²) in [7, 11) is 3.91. The second-order valence-corrected chi connectivity index (χ2v) is 6.76. The third-order valence-corrected chi connectivity index (χ3v) is 4.42. The molecular weight excluding hydrogens is 341 g/mol. The smallest absolute Gasteiger partial charge is 0.254 e. The van der Waals surface area contributed by atoms with Gasteiger partial charge in [0.25, 0.3) is 5.91 Å². The minimum Gasteiger partial charge on any atom is -0.333 e. The minimum absolute atomic E-state index is 0.103. The van der Waals surface area contributed by atoms with E-state index in [2.05, 4.69) is 0 Å². The zero-order valence-corrected chi connectivity index (χ0v) is 15.7. The largest absolute Gasteiger partial charge is 0.333 e. The van der Waals surface area contributed by atoms with Crippen LogP contribution in [0.2, 0.25) is 0 Å². The molecule has 0 spiro atoms. The third kappa shape index (κ3) is 4.83.